The van der Waals surface area contributed by atoms with Gasteiger partial charge in [0.2, 0.25) is 0 Å². The number of hydrogen-bond acceptors (Lipinski definition) is 7. The summed E-state index contributed by atoms with van der Waals surface area (Å²) < 4.78 is 0. The SMILES string of the molecule is Cc1nc(CN(C)c2ncnc(NN)c2C(C)C)cs1. The molecule has 7 heteroatoms. The van der Waals surface area contributed by atoms with Gasteiger partial charge in [-0.2, -0.15) is 0 Å². The maximum Gasteiger partial charge on any atom is 0.148 e. The molecule has 2 aromatic heterocycles. The van der Waals surface area contributed by atoms with E-state index in [-0.39, 0.29) is 5.92 Å². The smallest absolute Gasteiger partial charge is 0.148 e. The molecule has 0 aliphatic heterocycles. The fourth-order valence-electron chi connectivity index (χ4n) is 2.14. The fourth-order valence-corrected chi connectivity index (χ4v) is 2.74. The highest BCUT2D eigenvalue weighted by Crippen LogP contribution is 2.30. The Morgan fingerprint density at radius 3 is 2.70 bits per heavy atom. The number of nitrogens with zero attached hydrogens (tertiary/aromatic N) is 4. The van der Waals surface area contributed by atoms with Crippen molar-refractivity contribution >= 4 is 23.0 Å². The Hall–Kier alpha value is -1.73. The first kappa shape index (κ1) is 14.7. The molecular weight excluding hydrogens is 272 g/mol. The minimum atomic E-state index is 0.275. The van der Waals surface area contributed by atoms with Crippen LogP contribution in [0.4, 0.5) is 11.6 Å². The molecule has 108 valence electrons. The molecule has 20 heavy (non-hydrogen) atoms. The van der Waals surface area contributed by atoms with Crippen LogP contribution in [0.1, 0.15) is 36.0 Å². The molecule has 0 radical (unpaired) electrons. The number of hydrogen-bond donors (Lipinski definition) is 2. The maximum absolute atomic E-state index is 5.54. The van der Waals surface area contributed by atoms with Gasteiger partial charge in [-0.05, 0) is 12.8 Å². The van der Waals surface area contributed by atoms with Gasteiger partial charge in [-0.15, -0.1) is 11.3 Å². The molecule has 0 bridgehead atoms. The van der Waals surface area contributed by atoms with E-state index in [1.54, 1.807) is 11.3 Å². The van der Waals surface area contributed by atoms with E-state index in [0.29, 0.717) is 12.4 Å². The van der Waals surface area contributed by atoms with Crippen LogP contribution in [0.2, 0.25) is 0 Å². The van der Waals surface area contributed by atoms with Crippen LogP contribution >= 0.6 is 11.3 Å². The van der Waals surface area contributed by atoms with Crippen molar-refractivity contribution in [3.63, 3.8) is 0 Å². The average molecular weight is 292 g/mol. The van der Waals surface area contributed by atoms with Gasteiger partial charge in [-0.1, -0.05) is 13.8 Å². The molecule has 2 aromatic rings. The predicted molar refractivity (Wildman–Crippen MR) is 82.9 cm³/mol. The van der Waals surface area contributed by atoms with Crippen molar-refractivity contribution in [1.29, 1.82) is 0 Å². The van der Waals surface area contributed by atoms with Gasteiger partial charge in [-0.3, -0.25) is 0 Å². The number of nitrogens with one attached hydrogen (secondary N) is 1. The summed E-state index contributed by atoms with van der Waals surface area (Å²) in [5.74, 6) is 7.37. The predicted octanol–water partition coefficient (Wildman–Crippen LogP) is 2.29. The van der Waals surface area contributed by atoms with Crippen LogP contribution in [0, 0.1) is 6.92 Å². The van der Waals surface area contributed by atoms with Gasteiger partial charge in [0.05, 0.1) is 17.2 Å². The van der Waals surface area contributed by atoms with Gasteiger partial charge in [-0.25, -0.2) is 20.8 Å². The van der Waals surface area contributed by atoms with Crippen LogP contribution < -0.4 is 16.2 Å². The van der Waals surface area contributed by atoms with Crippen LogP contribution in [0.25, 0.3) is 0 Å². The highest BCUT2D eigenvalue weighted by atomic mass is 32.1. The molecular formula is C13H20N6S. The van der Waals surface area contributed by atoms with Crippen molar-refractivity contribution in [3.05, 3.63) is 28.0 Å². The Kier molecular flexibility index (Phi) is 4.51. The second kappa shape index (κ2) is 6.15. The van der Waals surface area contributed by atoms with E-state index >= 15 is 0 Å². The summed E-state index contributed by atoms with van der Waals surface area (Å²) in [6.45, 7) is 6.92. The van der Waals surface area contributed by atoms with Crippen molar-refractivity contribution in [2.24, 2.45) is 5.84 Å². The molecule has 6 nitrogen and oxygen atoms in total. The number of thiazole rings is 1. The molecule has 0 aliphatic carbocycles. The number of hydrazine groups is 1. The van der Waals surface area contributed by atoms with E-state index in [0.717, 1.165) is 22.1 Å². The molecule has 0 aromatic carbocycles. The molecule has 0 amide bonds. The number of aryl methyl sites for hydroxylation is 1. The summed E-state index contributed by atoms with van der Waals surface area (Å²) in [6, 6.07) is 0. The summed E-state index contributed by atoms with van der Waals surface area (Å²) in [6.07, 6.45) is 1.53. The number of aromatic nitrogens is 3. The zero-order chi connectivity index (χ0) is 14.7. The Balaban J connectivity index is 2.31. The molecule has 2 heterocycles. The van der Waals surface area contributed by atoms with Crippen molar-refractivity contribution < 1.29 is 0 Å². The molecule has 0 atom stereocenters. The maximum atomic E-state index is 5.54. The van der Waals surface area contributed by atoms with Gasteiger partial charge in [0, 0.05) is 18.0 Å². The number of rotatable bonds is 5. The minimum Gasteiger partial charge on any atom is -0.353 e. The molecule has 0 saturated carbocycles. The molecule has 2 rings (SSSR count). The Morgan fingerprint density at radius 2 is 2.15 bits per heavy atom. The lowest BCUT2D eigenvalue weighted by Crippen LogP contribution is -2.22. The van der Waals surface area contributed by atoms with E-state index in [2.05, 4.69) is 44.5 Å². The second-order valence-electron chi connectivity index (χ2n) is 4.97. The third-order valence-electron chi connectivity index (χ3n) is 3.00. The lowest BCUT2D eigenvalue weighted by atomic mass is 10.0. The highest BCUT2D eigenvalue weighted by molar-refractivity contribution is 7.09. The summed E-state index contributed by atoms with van der Waals surface area (Å²) in [5, 5.41) is 3.15. The largest absolute Gasteiger partial charge is 0.353 e. The standard InChI is InChI=1S/C13H20N6S/c1-8(2)11-12(18-14)15-7-16-13(11)19(4)5-10-6-20-9(3)17-10/h6-8H,5,14H2,1-4H3,(H,15,16,18). The van der Waals surface area contributed by atoms with Crippen LogP contribution in [0.3, 0.4) is 0 Å². The zero-order valence-corrected chi connectivity index (χ0v) is 13.0. The van der Waals surface area contributed by atoms with E-state index < -0.39 is 0 Å². The first-order valence-corrected chi connectivity index (χ1v) is 7.34. The zero-order valence-electron chi connectivity index (χ0n) is 12.2. The quantitative estimate of drug-likeness (QED) is 0.650. The van der Waals surface area contributed by atoms with Gasteiger partial charge in [0.25, 0.3) is 0 Å². The van der Waals surface area contributed by atoms with Gasteiger partial charge in [0.1, 0.15) is 18.0 Å². The van der Waals surface area contributed by atoms with Crippen LogP contribution in [-0.2, 0) is 6.54 Å². The van der Waals surface area contributed by atoms with Crippen LogP contribution in [0.15, 0.2) is 11.7 Å². The number of nitrogen functional groups attached to an aromatic ring is 1. The van der Waals surface area contributed by atoms with E-state index in [9.17, 15) is 0 Å². The Bertz CT molecular complexity index is 580. The Labute approximate surface area is 123 Å². The Morgan fingerprint density at radius 1 is 1.40 bits per heavy atom. The van der Waals surface area contributed by atoms with Gasteiger partial charge >= 0.3 is 0 Å². The average Bonchev–Trinajstić information content (AvgIpc) is 2.82. The van der Waals surface area contributed by atoms with Crippen molar-refractivity contribution in [2.75, 3.05) is 17.4 Å². The van der Waals surface area contributed by atoms with E-state index in [1.165, 1.54) is 6.33 Å². The molecule has 0 aliphatic rings. The topological polar surface area (TPSA) is 80.0 Å². The first-order valence-electron chi connectivity index (χ1n) is 6.46. The van der Waals surface area contributed by atoms with Crippen LogP contribution in [0.5, 0.6) is 0 Å². The highest BCUT2D eigenvalue weighted by Gasteiger charge is 2.18. The lowest BCUT2D eigenvalue weighted by Gasteiger charge is -2.23. The number of nitrogens with two attached hydrogens (primary N) is 1. The fraction of sp³-hybridized carbons (Fsp3) is 0.462. The molecule has 0 saturated heterocycles. The molecule has 3 N–H and O–H groups in total. The first-order chi connectivity index (χ1) is 9.52. The molecule has 0 unspecified atom stereocenters. The van der Waals surface area contributed by atoms with Gasteiger partial charge < -0.3 is 10.3 Å². The molecule has 0 spiro atoms. The third kappa shape index (κ3) is 3.05. The lowest BCUT2D eigenvalue weighted by molar-refractivity contribution is 0.802. The normalized spacial score (nSPS) is 10.9. The van der Waals surface area contributed by atoms with Crippen molar-refractivity contribution in [3.8, 4) is 0 Å². The monoisotopic (exact) mass is 292 g/mol. The summed E-state index contributed by atoms with van der Waals surface area (Å²) in [5.41, 5.74) is 4.71. The second-order valence-corrected chi connectivity index (χ2v) is 6.03. The summed E-state index contributed by atoms with van der Waals surface area (Å²) >= 11 is 1.66. The van der Waals surface area contributed by atoms with E-state index in [4.69, 9.17) is 5.84 Å². The van der Waals surface area contributed by atoms with Crippen molar-refractivity contribution in [1.82, 2.24) is 15.0 Å². The minimum absolute atomic E-state index is 0.275. The third-order valence-corrected chi connectivity index (χ3v) is 3.83. The molecule has 0 fully saturated rings. The number of anilines is 2. The van der Waals surface area contributed by atoms with Gasteiger partial charge in [0.15, 0.2) is 0 Å². The summed E-state index contributed by atoms with van der Waals surface area (Å²) in [4.78, 5) is 15.2. The van der Waals surface area contributed by atoms with Crippen LogP contribution in [-0.4, -0.2) is 22.0 Å². The summed E-state index contributed by atoms with van der Waals surface area (Å²) in [7, 11) is 2.00. The van der Waals surface area contributed by atoms with Crippen molar-refractivity contribution in [2.45, 2.75) is 33.2 Å². The van der Waals surface area contributed by atoms with E-state index in [1.807, 2.05) is 14.0 Å².